The minimum Gasteiger partial charge on any atom is -0.308 e. The van der Waals surface area contributed by atoms with Gasteiger partial charge in [-0.1, -0.05) is 24.3 Å². The smallest absolute Gasteiger partial charge is 0.238 e. The van der Waals surface area contributed by atoms with Crippen molar-refractivity contribution in [1.82, 2.24) is 14.9 Å². The van der Waals surface area contributed by atoms with Crippen molar-refractivity contribution in [3.05, 3.63) is 89.0 Å². The van der Waals surface area contributed by atoms with Crippen LogP contribution in [-0.4, -0.2) is 39.9 Å². The summed E-state index contributed by atoms with van der Waals surface area (Å²) in [6.07, 6.45) is 11.9. The van der Waals surface area contributed by atoms with E-state index in [9.17, 15) is 4.79 Å². The quantitative estimate of drug-likeness (QED) is 0.481. The molecule has 1 saturated heterocycles. The van der Waals surface area contributed by atoms with Crippen LogP contribution < -0.4 is 4.90 Å². The Balaban J connectivity index is 1.19. The molecule has 5 nitrogen and oxygen atoms in total. The van der Waals surface area contributed by atoms with Crippen LogP contribution in [0.15, 0.2) is 61.1 Å². The van der Waals surface area contributed by atoms with Gasteiger partial charge in [-0.05, 0) is 112 Å². The van der Waals surface area contributed by atoms with Crippen molar-refractivity contribution in [3.8, 4) is 0 Å². The summed E-state index contributed by atoms with van der Waals surface area (Å²) in [5.41, 5.74) is 7.16. The molecule has 0 N–H and O–H groups in total. The van der Waals surface area contributed by atoms with Crippen molar-refractivity contribution in [2.45, 2.75) is 76.3 Å². The number of nitrogens with zero attached hydrogens (tertiary/aromatic N) is 4. The van der Waals surface area contributed by atoms with Gasteiger partial charge >= 0.3 is 0 Å². The fourth-order valence-electron chi connectivity index (χ4n) is 6.97. The topological polar surface area (TPSA) is 49.3 Å². The van der Waals surface area contributed by atoms with Gasteiger partial charge in [0, 0.05) is 36.9 Å². The molecule has 186 valence electrons. The fourth-order valence-corrected chi connectivity index (χ4v) is 6.97. The number of carbonyl (C=O) groups is 1. The largest absolute Gasteiger partial charge is 0.308 e. The molecule has 4 heterocycles. The predicted molar refractivity (Wildman–Crippen MR) is 143 cm³/mol. The number of piperidine rings is 1. The minimum atomic E-state index is -0.370. The van der Waals surface area contributed by atoms with E-state index in [2.05, 4.69) is 70.0 Å². The minimum absolute atomic E-state index is 0.297. The molecule has 0 atom stereocenters. The van der Waals surface area contributed by atoms with Crippen molar-refractivity contribution >= 4 is 11.6 Å². The Hall–Kier alpha value is -3.05. The second kappa shape index (κ2) is 9.44. The Morgan fingerprint density at radius 1 is 0.917 bits per heavy atom. The molecule has 1 saturated carbocycles. The number of hydrogen-bond donors (Lipinski definition) is 0. The molecule has 3 aromatic rings. The van der Waals surface area contributed by atoms with Gasteiger partial charge in [0.1, 0.15) is 0 Å². The summed E-state index contributed by atoms with van der Waals surface area (Å²) < 4.78 is 0. The molecule has 1 amide bonds. The predicted octanol–water partition coefficient (Wildman–Crippen LogP) is 5.70. The van der Waals surface area contributed by atoms with Gasteiger partial charge in [-0.25, -0.2) is 0 Å². The first-order valence-corrected chi connectivity index (χ1v) is 13.5. The van der Waals surface area contributed by atoms with Crippen molar-refractivity contribution < 1.29 is 4.79 Å². The second-order valence-electron chi connectivity index (χ2n) is 11.1. The van der Waals surface area contributed by atoms with E-state index in [1.807, 2.05) is 24.7 Å². The highest BCUT2D eigenvalue weighted by molar-refractivity contribution is 6.08. The number of pyridine rings is 2. The van der Waals surface area contributed by atoms with E-state index in [0.717, 1.165) is 63.9 Å². The van der Waals surface area contributed by atoms with Crippen LogP contribution in [0.4, 0.5) is 5.69 Å². The van der Waals surface area contributed by atoms with Gasteiger partial charge in [-0.15, -0.1) is 0 Å². The zero-order valence-corrected chi connectivity index (χ0v) is 21.5. The summed E-state index contributed by atoms with van der Waals surface area (Å²) in [5.74, 6) is 0.922. The molecule has 1 aromatic carbocycles. The third kappa shape index (κ3) is 3.94. The number of anilines is 1. The van der Waals surface area contributed by atoms with E-state index in [-0.39, 0.29) is 5.41 Å². The fraction of sp³-hybridized carbons (Fsp3) is 0.452. The van der Waals surface area contributed by atoms with Gasteiger partial charge in [0.25, 0.3) is 0 Å². The van der Waals surface area contributed by atoms with Crippen LogP contribution in [0.25, 0.3) is 0 Å². The van der Waals surface area contributed by atoms with Gasteiger partial charge in [0.05, 0.1) is 11.1 Å². The molecule has 3 aliphatic rings. The zero-order chi connectivity index (χ0) is 24.7. The molecule has 36 heavy (non-hydrogen) atoms. The summed E-state index contributed by atoms with van der Waals surface area (Å²) >= 11 is 0. The van der Waals surface area contributed by atoms with Gasteiger partial charge in [0.15, 0.2) is 0 Å². The summed E-state index contributed by atoms with van der Waals surface area (Å²) in [6.45, 7) is 7.02. The Labute approximate surface area is 214 Å². The first-order valence-electron chi connectivity index (χ1n) is 13.5. The summed E-state index contributed by atoms with van der Waals surface area (Å²) in [4.78, 5) is 27.8. The maximum absolute atomic E-state index is 14.3. The highest BCUT2D eigenvalue weighted by Gasteiger charge is 2.53. The van der Waals surface area contributed by atoms with E-state index >= 15 is 0 Å². The molecule has 2 fully saturated rings. The third-order valence-corrected chi connectivity index (χ3v) is 9.07. The molecular weight excluding hydrogens is 444 g/mol. The van der Waals surface area contributed by atoms with Crippen LogP contribution in [0.5, 0.6) is 0 Å². The zero-order valence-electron chi connectivity index (χ0n) is 21.5. The van der Waals surface area contributed by atoms with Crippen LogP contribution in [-0.2, 0) is 16.8 Å². The van der Waals surface area contributed by atoms with E-state index in [1.165, 1.54) is 27.9 Å². The van der Waals surface area contributed by atoms with Crippen LogP contribution in [0, 0.1) is 13.8 Å². The van der Waals surface area contributed by atoms with Crippen molar-refractivity contribution in [2.24, 2.45) is 0 Å². The number of benzene rings is 1. The number of para-hydroxylation sites is 1. The average molecular weight is 481 g/mol. The highest BCUT2D eigenvalue weighted by Crippen LogP contribution is 2.50. The van der Waals surface area contributed by atoms with Crippen molar-refractivity contribution in [3.63, 3.8) is 0 Å². The number of amides is 1. The number of rotatable bonds is 4. The second-order valence-corrected chi connectivity index (χ2v) is 11.1. The molecule has 2 aromatic heterocycles. The Kier molecular flexibility index (Phi) is 6.12. The Morgan fingerprint density at radius 3 is 2.44 bits per heavy atom. The van der Waals surface area contributed by atoms with Gasteiger partial charge < -0.3 is 4.90 Å². The summed E-state index contributed by atoms with van der Waals surface area (Å²) in [7, 11) is 0. The molecule has 1 aliphatic carbocycles. The first-order chi connectivity index (χ1) is 17.6. The lowest BCUT2D eigenvalue weighted by Crippen LogP contribution is -2.51. The van der Waals surface area contributed by atoms with E-state index in [4.69, 9.17) is 0 Å². The third-order valence-electron chi connectivity index (χ3n) is 9.07. The number of aromatic nitrogens is 2. The summed E-state index contributed by atoms with van der Waals surface area (Å²) in [5, 5.41) is 0. The number of likely N-dealkylation sites (tertiary alicyclic amines) is 1. The van der Waals surface area contributed by atoms with Crippen molar-refractivity contribution in [2.75, 3.05) is 18.0 Å². The molecule has 6 rings (SSSR count). The van der Waals surface area contributed by atoms with Crippen molar-refractivity contribution in [1.29, 1.82) is 0 Å². The van der Waals surface area contributed by atoms with E-state index in [1.54, 1.807) is 0 Å². The van der Waals surface area contributed by atoms with Gasteiger partial charge in [0.2, 0.25) is 5.91 Å². The van der Waals surface area contributed by atoms with Crippen LogP contribution >= 0.6 is 0 Å². The van der Waals surface area contributed by atoms with E-state index in [0.29, 0.717) is 17.9 Å². The average Bonchev–Trinajstić information content (AvgIpc) is 3.15. The normalized spacial score (nSPS) is 23.7. The van der Waals surface area contributed by atoms with Crippen LogP contribution in [0.1, 0.15) is 72.4 Å². The molecular formula is C31H36N4O. The maximum atomic E-state index is 14.3. The van der Waals surface area contributed by atoms with Crippen LogP contribution in [0.3, 0.4) is 0 Å². The lowest BCUT2D eigenvalue weighted by molar-refractivity contribution is -0.125. The SMILES string of the molecule is Cc1cnccc1C1CCC(N2C(=O)C3(CCN(Cc4ncccc4C)CC3)c3ccccc32)CC1. The molecule has 2 aliphatic heterocycles. The molecule has 0 unspecified atom stereocenters. The van der Waals surface area contributed by atoms with Gasteiger partial charge in [-0.2, -0.15) is 0 Å². The summed E-state index contributed by atoms with van der Waals surface area (Å²) in [6, 6.07) is 15.2. The van der Waals surface area contributed by atoms with E-state index < -0.39 is 0 Å². The molecule has 5 heteroatoms. The van der Waals surface area contributed by atoms with Gasteiger partial charge in [-0.3, -0.25) is 19.7 Å². The highest BCUT2D eigenvalue weighted by atomic mass is 16.2. The Morgan fingerprint density at radius 2 is 1.69 bits per heavy atom. The number of hydrogen-bond acceptors (Lipinski definition) is 4. The number of fused-ring (bicyclic) bond motifs is 2. The first kappa shape index (κ1) is 23.4. The Bertz CT molecular complexity index is 1250. The molecule has 1 spiro atoms. The monoisotopic (exact) mass is 480 g/mol. The molecule has 0 bridgehead atoms. The molecule has 0 radical (unpaired) electrons. The standard InChI is InChI=1S/C31H36N4O/c1-22-6-5-16-33-28(22)21-34-18-14-31(15-19-34)27-7-3-4-8-29(27)35(30(31)36)25-11-9-24(10-12-25)26-13-17-32-20-23(26)2/h3-8,13,16-17,20,24-25H,9-12,14-15,18-19,21H2,1-2H3. The lowest BCUT2D eigenvalue weighted by Gasteiger charge is -2.40. The number of aryl methyl sites for hydroxylation is 2. The lowest BCUT2D eigenvalue weighted by atomic mass is 9.73. The van der Waals surface area contributed by atoms with Crippen LogP contribution in [0.2, 0.25) is 0 Å². The number of carbonyl (C=O) groups excluding carboxylic acids is 1. The maximum Gasteiger partial charge on any atom is 0.238 e.